The first-order chi connectivity index (χ1) is 11.9. The van der Waals surface area contributed by atoms with Gasteiger partial charge in [0.2, 0.25) is 5.90 Å². The van der Waals surface area contributed by atoms with Gasteiger partial charge in [0.25, 0.3) is 0 Å². The van der Waals surface area contributed by atoms with E-state index in [2.05, 4.69) is 23.2 Å². The summed E-state index contributed by atoms with van der Waals surface area (Å²) in [5.74, 6) is 0.741. The number of amides is 1. The van der Waals surface area contributed by atoms with Crippen molar-refractivity contribution in [2.24, 2.45) is 4.99 Å². The Kier molecular flexibility index (Phi) is 5.11. The molecule has 0 N–H and O–H groups in total. The van der Waals surface area contributed by atoms with E-state index in [9.17, 15) is 4.79 Å². The lowest BCUT2D eigenvalue weighted by Gasteiger charge is -2.31. The molecule has 0 atom stereocenters. The van der Waals surface area contributed by atoms with Gasteiger partial charge in [-0.2, -0.15) is 0 Å². The molecular weight excluding hydrogens is 316 g/mol. The lowest BCUT2D eigenvalue weighted by Crippen LogP contribution is -2.40. The summed E-state index contributed by atoms with van der Waals surface area (Å²) in [6, 6.07) is 8.28. The van der Waals surface area contributed by atoms with Crippen molar-refractivity contribution in [2.75, 3.05) is 26.2 Å². The van der Waals surface area contributed by atoms with E-state index < -0.39 is 5.60 Å². The van der Waals surface area contributed by atoms with Gasteiger partial charge < -0.3 is 14.4 Å². The largest absolute Gasteiger partial charge is 0.476 e. The Morgan fingerprint density at radius 1 is 1.20 bits per heavy atom. The number of hydrogen-bond donors (Lipinski definition) is 0. The normalized spacial score (nSPS) is 17.8. The number of hydrogen-bond acceptors (Lipinski definition) is 4. The molecular formula is C20H26N2O3. The van der Waals surface area contributed by atoms with Gasteiger partial charge in [-0.05, 0) is 51.3 Å². The molecule has 1 saturated heterocycles. The van der Waals surface area contributed by atoms with Crippen LogP contribution >= 0.6 is 0 Å². The van der Waals surface area contributed by atoms with Crippen molar-refractivity contribution in [2.45, 2.75) is 39.2 Å². The Balaban J connectivity index is 1.56. The molecule has 0 aliphatic carbocycles. The fourth-order valence-electron chi connectivity index (χ4n) is 2.91. The average molecular weight is 342 g/mol. The van der Waals surface area contributed by atoms with Crippen LogP contribution in [0.2, 0.25) is 0 Å². The summed E-state index contributed by atoms with van der Waals surface area (Å²) in [5, 5.41) is 0. The number of benzene rings is 1. The quantitative estimate of drug-likeness (QED) is 0.819. The van der Waals surface area contributed by atoms with Crippen molar-refractivity contribution in [3.63, 3.8) is 0 Å². The van der Waals surface area contributed by atoms with E-state index in [1.54, 1.807) is 4.90 Å². The van der Waals surface area contributed by atoms with E-state index >= 15 is 0 Å². The molecule has 3 rings (SSSR count). The van der Waals surface area contributed by atoms with Gasteiger partial charge in [0.1, 0.15) is 12.2 Å². The lowest BCUT2D eigenvalue weighted by molar-refractivity contribution is 0.0237. The predicted octanol–water partition coefficient (Wildman–Crippen LogP) is 3.88. The molecule has 1 fully saturated rings. The second kappa shape index (κ2) is 7.30. The first kappa shape index (κ1) is 17.5. The van der Waals surface area contributed by atoms with Gasteiger partial charge in [-0.1, -0.05) is 23.8 Å². The molecule has 1 aromatic carbocycles. The fraction of sp³-hybridized carbons (Fsp3) is 0.500. The molecule has 25 heavy (non-hydrogen) atoms. The number of ether oxygens (including phenoxy) is 2. The topological polar surface area (TPSA) is 51.1 Å². The van der Waals surface area contributed by atoms with Crippen LogP contribution in [0, 0.1) is 0 Å². The molecule has 134 valence electrons. The van der Waals surface area contributed by atoms with Gasteiger partial charge in [0.05, 0.1) is 6.54 Å². The van der Waals surface area contributed by atoms with Crippen LogP contribution < -0.4 is 0 Å². The minimum Gasteiger partial charge on any atom is -0.476 e. The third kappa shape index (κ3) is 4.84. The molecule has 0 spiro atoms. The Bertz CT molecular complexity index is 674. The van der Waals surface area contributed by atoms with E-state index in [-0.39, 0.29) is 6.09 Å². The molecule has 0 bridgehead atoms. The molecule has 2 aliphatic heterocycles. The molecule has 0 saturated carbocycles. The Morgan fingerprint density at radius 2 is 1.88 bits per heavy atom. The molecule has 0 unspecified atom stereocenters. The van der Waals surface area contributed by atoms with Crippen molar-refractivity contribution in [1.82, 2.24) is 4.90 Å². The Hall–Kier alpha value is -2.30. The van der Waals surface area contributed by atoms with Gasteiger partial charge in [0, 0.05) is 18.7 Å². The third-order valence-electron chi connectivity index (χ3n) is 4.17. The zero-order chi connectivity index (χ0) is 17.9. The highest BCUT2D eigenvalue weighted by atomic mass is 16.6. The monoisotopic (exact) mass is 342 g/mol. The van der Waals surface area contributed by atoms with Crippen LogP contribution in [-0.4, -0.2) is 48.7 Å². The molecule has 0 aromatic heterocycles. The van der Waals surface area contributed by atoms with Crippen LogP contribution in [0.1, 0.15) is 44.7 Å². The summed E-state index contributed by atoms with van der Waals surface area (Å²) in [5.41, 5.74) is 3.12. The van der Waals surface area contributed by atoms with E-state index in [0.717, 1.165) is 30.8 Å². The average Bonchev–Trinajstić information content (AvgIpc) is 3.09. The molecule has 0 radical (unpaired) electrons. The Labute approximate surface area is 149 Å². The number of aliphatic imine (C=N–C) groups is 1. The minimum atomic E-state index is -0.442. The maximum absolute atomic E-state index is 12.1. The van der Waals surface area contributed by atoms with Crippen LogP contribution in [-0.2, 0) is 9.47 Å². The maximum atomic E-state index is 12.1. The van der Waals surface area contributed by atoms with Crippen molar-refractivity contribution in [3.05, 3.63) is 41.0 Å². The van der Waals surface area contributed by atoms with Crippen LogP contribution in [0.4, 0.5) is 4.79 Å². The molecule has 2 aliphatic rings. The molecule has 5 heteroatoms. The van der Waals surface area contributed by atoms with Crippen LogP contribution in [0.3, 0.4) is 0 Å². The summed E-state index contributed by atoms with van der Waals surface area (Å²) in [6.45, 7) is 8.53. The molecule has 5 nitrogen and oxygen atoms in total. The summed E-state index contributed by atoms with van der Waals surface area (Å²) in [4.78, 5) is 18.2. The van der Waals surface area contributed by atoms with Crippen LogP contribution in [0.15, 0.2) is 34.8 Å². The zero-order valence-corrected chi connectivity index (χ0v) is 15.2. The van der Waals surface area contributed by atoms with Gasteiger partial charge in [0.15, 0.2) is 0 Å². The first-order valence-electron chi connectivity index (χ1n) is 8.86. The smallest absolute Gasteiger partial charge is 0.410 e. The first-order valence-corrected chi connectivity index (χ1v) is 8.86. The maximum Gasteiger partial charge on any atom is 0.410 e. The van der Waals surface area contributed by atoms with Gasteiger partial charge in [-0.25, -0.2) is 9.79 Å². The molecule has 1 aromatic rings. The third-order valence-corrected chi connectivity index (χ3v) is 4.17. The summed E-state index contributed by atoms with van der Waals surface area (Å²) in [6.07, 6.45) is 3.77. The number of piperidine rings is 1. The fourth-order valence-corrected chi connectivity index (χ4v) is 2.91. The standard InChI is InChI=1S/C20H26N2O3/c1-20(2,3)25-19(23)22-11-8-16(9-12-22)14-15-4-6-17(7-5-15)18-21-10-13-24-18/h4-7,14H,8-13H2,1-3H3. The number of carbonyl (C=O) groups excluding carboxylic acids is 1. The van der Waals surface area contributed by atoms with E-state index in [1.165, 1.54) is 11.1 Å². The molecule has 1 amide bonds. The zero-order valence-electron chi connectivity index (χ0n) is 15.2. The Morgan fingerprint density at radius 3 is 2.44 bits per heavy atom. The second-order valence-corrected chi connectivity index (χ2v) is 7.43. The van der Waals surface area contributed by atoms with E-state index in [1.807, 2.05) is 32.9 Å². The SMILES string of the molecule is CC(C)(C)OC(=O)N1CCC(=Cc2ccc(C3=NCCO3)cc2)CC1. The number of carbonyl (C=O) groups is 1. The highest BCUT2D eigenvalue weighted by molar-refractivity contribution is 5.95. The second-order valence-electron chi connectivity index (χ2n) is 7.43. The highest BCUT2D eigenvalue weighted by Crippen LogP contribution is 2.22. The summed E-state index contributed by atoms with van der Waals surface area (Å²) in [7, 11) is 0. The number of rotatable bonds is 2. The number of nitrogens with zero attached hydrogens (tertiary/aromatic N) is 2. The highest BCUT2D eigenvalue weighted by Gasteiger charge is 2.24. The van der Waals surface area contributed by atoms with Crippen molar-refractivity contribution in [1.29, 1.82) is 0 Å². The van der Waals surface area contributed by atoms with Crippen LogP contribution in [0.25, 0.3) is 6.08 Å². The van der Waals surface area contributed by atoms with Crippen LogP contribution in [0.5, 0.6) is 0 Å². The van der Waals surface area contributed by atoms with Gasteiger partial charge in [-0.3, -0.25) is 0 Å². The van der Waals surface area contributed by atoms with Gasteiger partial charge in [-0.15, -0.1) is 0 Å². The van der Waals surface area contributed by atoms with Crippen molar-refractivity contribution in [3.8, 4) is 0 Å². The van der Waals surface area contributed by atoms with Gasteiger partial charge >= 0.3 is 6.09 Å². The minimum absolute atomic E-state index is 0.215. The van der Waals surface area contributed by atoms with E-state index in [4.69, 9.17) is 9.47 Å². The summed E-state index contributed by atoms with van der Waals surface area (Å²) >= 11 is 0. The van der Waals surface area contributed by atoms with Crippen molar-refractivity contribution < 1.29 is 14.3 Å². The summed E-state index contributed by atoms with van der Waals surface area (Å²) < 4.78 is 10.9. The van der Waals surface area contributed by atoms with E-state index in [0.29, 0.717) is 19.7 Å². The lowest BCUT2D eigenvalue weighted by atomic mass is 10.0. The van der Waals surface area contributed by atoms with Crippen molar-refractivity contribution >= 4 is 18.1 Å². The predicted molar refractivity (Wildman–Crippen MR) is 98.8 cm³/mol. The number of likely N-dealkylation sites (tertiary alicyclic amines) is 1. The molecule has 2 heterocycles.